The molecule has 0 aliphatic carbocycles. The number of nitro groups is 1. The number of hydrogen-bond acceptors (Lipinski definition) is 8. The molecule has 0 aliphatic heterocycles. The van der Waals surface area contributed by atoms with Crippen LogP contribution < -0.4 is 10.6 Å². The molecule has 0 unspecified atom stereocenters. The van der Waals surface area contributed by atoms with Crippen LogP contribution in [-0.4, -0.2) is 33.3 Å². The number of nitrogens with one attached hydrogen (secondary N) is 2. The number of hydrogen-bond donors (Lipinski definition) is 2. The van der Waals surface area contributed by atoms with E-state index in [0.29, 0.717) is 9.47 Å². The van der Waals surface area contributed by atoms with E-state index in [-0.39, 0.29) is 28.1 Å². The number of nitrogens with zero attached hydrogens (tertiary/aromatic N) is 3. The fourth-order valence-electron chi connectivity index (χ4n) is 1.57. The molecule has 0 saturated carbocycles. The van der Waals surface area contributed by atoms with Gasteiger partial charge in [0.15, 0.2) is 4.34 Å². The zero-order chi connectivity index (χ0) is 16.8. The van der Waals surface area contributed by atoms with E-state index in [1.54, 1.807) is 0 Å². The van der Waals surface area contributed by atoms with Gasteiger partial charge in [-0.2, -0.15) is 0 Å². The van der Waals surface area contributed by atoms with Gasteiger partial charge in [-0.05, 0) is 19.1 Å². The van der Waals surface area contributed by atoms with Gasteiger partial charge in [-0.25, -0.2) is 0 Å². The number of aromatic nitrogens is 2. The lowest BCUT2D eigenvalue weighted by Gasteiger charge is -2.05. The number of carbonyl (C=O) groups excluding carboxylic acids is 1. The van der Waals surface area contributed by atoms with Gasteiger partial charge in [0.2, 0.25) is 11.0 Å². The van der Waals surface area contributed by atoms with Gasteiger partial charge in [0.25, 0.3) is 5.69 Å². The number of amides is 1. The van der Waals surface area contributed by atoms with Crippen molar-refractivity contribution in [1.82, 2.24) is 10.2 Å². The van der Waals surface area contributed by atoms with Gasteiger partial charge in [0, 0.05) is 17.6 Å². The third kappa shape index (κ3) is 5.05. The maximum absolute atomic E-state index is 11.9. The average molecular weight is 374 g/mol. The minimum atomic E-state index is -0.595. The van der Waals surface area contributed by atoms with Crippen molar-refractivity contribution in [3.8, 4) is 0 Å². The van der Waals surface area contributed by atoms with Crippen LogP contribution in [0.25, 0.3) is 0 Å². The monoisotopic (exact) mass is 373 g/mol. The third-order valence-electron chi connectivity index (χ3n) is 2.49. The van der Waals surface area contributed by atoms with Crippen molar-refractivity contribution < 1.29 is 9.72 Å². The molecule has 2 N–H and O–H groups in total. The Morgan fingerprint density at radius 1 is 1.48 bits per heavy atom. The molecule has 0 spiro atoms. The van der Waals surface area contributed by atoms with E-state index in [1.807, 2.05) is 6.92 Å². The molecule has 0 saturated heterocycles. The smallest absolute Gasteiger partial charge is 0.294 e. The van der Waals surface area contributed by atoms with Crippen molar-refractivity contribution in [3.63, 3.8) is 0 Å². The Hall–Kier alpha value is -1.91. The maximum atomic E-state index is 11.9. The first-order valence-corrected chi connectivity index (χ1v) is 8.61. The van der Waals surface area contributed by atoms with E-state index >= 15 is 0 Å². The normalized spacial score (nSPS) is 10.3. The van der Waals surface area contributed by atoms with E-state index in [4.69, 9.17) is 11.6 Å². The van der Waals surface area contributed by atoms with Crippen molar-refractivity contribution in [3.05, 3.63) is 33.3 Å². The van der Waals surface area contributed by atoms with Crippen LogP contribution in [-0.2, 0) is 4.79 Å². The molecule has 0 fully saturated rings. The predicted molar refractivity (Wildman–Crippen MR) is 91.5 cm³/mol. The molecule has 122 valence electrons. The molecule has 0 radical (unpaired) electrons. The molecular formula is C12H12ClN5O3S2. The van der Waals surface area contributed by atoms with E-state index in [9.17, 15) is 14.9 Å². The number of anilines is 2. The van der Waals surface area contributed by atoms with Crippen molar-refractivity contribution in [2.75, 3.05) is 22.9 Å². The van der Waals surface area contributed by atoms with Gasteiger partial charge in [-0.1, -0.05) is 34.7 Å². The largest absolute Gasteiger partial charge is 0.360 e. The molecule has 1 aromatic carbocycles. The minimum absolute atomic E-state index is 0.0700. The van der Waals surface area contributed by atoms with E-state index in [1.165, 1.54) is 41.3 Å². The first-order valence-electron chi connectivity index (χ1n) is 6.43. The van der Waals surface area contributed by atoms with Crippen LogP contribution in [0, 0.1) is 10.1 Å². The van der Waals surface area contributed by atoms with Gasteiger partial charge in [-0.3, -0.25) is 14.9 Å². The minimum Gasteiger partial charge on any atom is -0.360 e. The Balaban J connectivity index is 1.95. The second-order valence-electron chi connectivity index (χ2n) is 4.16. The van der Waals surface area contributed by atoms with E-state index in [2.05, 4.69) is 20.8 Å². The van der Waals surface area contributed by atoms with Gasteiger partial charge in [0.1, 0.15) is 5.69 Å². The molecule has 1 heterocycles. The summed E-state index contributed by atoms with van der Waals surface area (Å²) in [6.45, 7) is 2.68. The molecule has 8 nitrogen and oxygen atoms in total. The number of carbonyl (C=O) groups is 1. The maximum Gasteiger partial charge on any atom is 0.294 e. The van der Waals surface area contributed by atoms with Crippen LogP contribution in [0.3, 0.4) is 0 Å². The molecule has 0 bridgehead atoms. The fourth-order valence-corrected chi connectivity index (χ4v) is 3.35. The van der Waals surface area contributed by atoms with Crippen LogP contribution >= 0.6 is 34.7 Å². The summed E-state index contributed by atoms with van der Waals surface area (Å²) in [4.78, 5) is 22.3. The van der Waals surface area contributed by atoms with Crippen molar-refractivity contribution >= 4 is 57.1 Å². The number of halogens is 1. The van der Waals surface area contributed by atoms with Crippen LogP contribution in [0.15, 0.2) is 22.5 Å². The van der Waals surface area contributed by atoms with Gasteiger partial charge >= 0.3 is 0 Å². The molecule has 2 rings (SSSR count). The van der Waals surface area contributed by atoms with Crippen molar-refractivity contribution in [1.29, 1.82) is 0 Å². The molecule has 11 heteroatoms. The van der Waals surface area contributed by atoms with Gasteiger partial charge < -0.3 is 10.6 Å². The molecule has 0 aliphatic rings. The topological polar surface area (TPSA) is 110 Å². The molecule has 0 atom stereocenters. The van der Waals surface area contributed by atoms with E-state index in [0.717, 1.165) is 6.54 Å². The Bertz CT molecular complexity index is 724. The predicted octanol–water partition coefficient (Wildman–Crippen LogP) is 3.26. The molecule has 1 amide bonds. The molecule has 23 heavy (non-hydrogen) atoms. The van der Waals surface area contributed by atoms with Crippen LogP contribution in [0.1, 0.15) is 6.92 Å². The van der Waals surface area contributed by atoms with Crippen molar-refractivity contribution in [2.45, 2.75) is 11.3 Å². The zero-order valence-electron chi connectivity index (χ0n) is 11.9. The highest BCUT2D eigenvalue weighted by Crippen LogP contribution is 2.29. The Labute approximate surface area is 144 Å². The highest BCUT2D eigenvalue weighted by atomic mass is 35.5. The first kappa shape index (κ1) is 17.4. The number of thioether (sulfide) groups is 1. The number of nitro benzene ring substituents is 1. The summed E-state index contributed by atoms with van der Waals surface area (Å²) in [5.74, 6) is -0.304. The summed E-state index contributed by atoms with van der Waals surface area (Å²) in [7, 11) is 0. The highest BCUT2D eigenvalue weighted by molar-refractivity contribution is 8.01. The number of rotatable bonds is 7. The second kappa shape index (κ2) is 8.09. The van der Waals surface area contributed by atoms with Crippen LogP contribution in [0.5, 0.6) is 0 Å². The second-order valence-corrected chi connectivity index (χ2v) is 6.80. The van der Waals surface area contributed by atoms with Crippen LogP contribution in [0.4, 0.5) is 16.5 Å². The highest BCUT2D eigenvalue weighted by Gasteiger charge is 2.17. The van der Waals surface area contributed by atoms with E-state index < -0.39 is 4.92 Å². The quantitative estimate of drug-likeness (QED) is 0.435. The summed E-state index contributed by atoms with van der Waals surface area (Å²) in [5, 5.41) is 25.3. The lowest BCUT2D eigenvalue weighted by molar-refractivity contribution is -0.383. The summed E-state index contributed by atoms with van der Waals surface area (Å²) in [6.07, 6.45) is 0. The Morgan fingerprint density at radius 2 is 2.26 bits per heavy atom. The standard InChI is InChI=1S/C12H12ClN5O3S2/c1-2-14-11-16-17-12(23-11)22-6-10(19)15-8-4-3-7(13)5-9(8)18(20)21/h3-5H,2,6H2,1H3,(H,14,16)(H,15,19). The summed E-state index contributed by atoms with van der Waals surface area (Å²) >= 11 is 8.27. The summed E-state index contributed by atoms with van der Waals surface area (Å²) < 4.78 is 0.640. The number of benzene rings is 1. The first-order chi connectivity index (χ1) is 11.0. The Morgan fingerprint density at radius 3 is 2.96 bits per heavy atom. The Kier molecular flexibility index (Phi) is 6.13. The SMILES string of the molecule is CCNc1nnc(SCC(=O)Nc2ccc(Cl)cc2[N+](=O)[O-])s1. The van der Waals surface area contributed by atoms with Crippen LogP contribution in [0.2, 0.25) is 5.02 Å². The lowest BCUT2D eigenvalue weighted by Crippen LogP contribution is -2.15. The van der Waals surface area contributed by atoms with Gasteiger partial charge in [0.05, 0.1) is 10.7 Å². The van der Waals surface area contributed by atoms with Crippen molar-refractivity contribution in [2.24, 2.45) is 0 Å². The van der Waals surface area contributed by atoms with Gasteiger partial charge in [-0.15, -0.1) is 10.2 Å². The fraction of sp³-hybridized carbons (Fsp3) is 0.250. The summed E-state index contributed by atoms with van der Waals surface area (Å²) in [6, 6.07) is 4.07. The summed E-state index contributed by atoms with van der Waals surface area (Å²) in [5.41, 5.74) is -0.142. The molecule has 2 aromatic rings. The average Bonchev–Trinajstić information content (AvgIpc) is 2.95. The molecular weight excluding hydrogens is 362 g/mol. The third-order valence-corrected chi connectivity index (χ3v) is 4.74. The zero-order valence-corrected chi connectivity index (χ0v) is 14.3. The lowest BCUT2D eigenvalue weighted by atomic mass is 10.2. The molecule has 1 aromatic heterocycles.